The summed E-state index contributed by atoms with van der Waals surface area (Å²) in [6.07, 6.45) is 4.49. The molecule has 80 valence electrons. The highest BCUT2D eigenvalue weighted by Crippen LogP contribution is 2.24. The monoisotopic (exact) mass is 211 g/mol. The second-order valence-electron chi connectivity index (χ2n) is 4.55. The minimum absolute atomic E-state index is 0.427. The Kier molecular flexibility index (Phi) is 1.59. The van der Waals surface area contributed by atoms with E-state index in [4.69, 9.17) is 0 Å². The lowest BCUT2D eigenvalue weighted by Crippen LogP contribution is -2.45. The van der Waals surface area contributed by atoms with Gasteiger partial charge >= 0.3 is 0 Å². The smallest absolute Gasteiger partial charge is 0.0511 e. The van der Waals surface area contributed by atoms with Crippen molar-refractivity contribution < 1.29 is 0 Å². The zero-order valence-electron chi connectivity index (χ0n) is 8.83. The van der Waals surface area contributed by atoms with E-state index < -0.39 is 0 Å². The molecule has 3 nitrogen and oxygen atoms in total. The van der Waals surface area contributed by atoms with Crippen molar-refractivity contribution in [2.75, 3.05) is 6.54 Å². The highest BCUT2D eigenvalue weighted by molar-refractivity contribution is 5.65. The molecule has 2 atom stereocenters. The molecule has 16 heavy (non-hydrogen) atoms. The molecule has 0 aliphatic carbocycles. The summed E-state index contributed by atoms with van der Waals surface area (Å²) in [7, 11) is 0. The fourth-order valence-electron chi connectivity index (χ4n) is 2.82. The first kappa shape index (κ1) is 8.56. The fraction of sp³-hybridized carbons (Fsp3) is 0.231. The van der Waals surface area contributed by atoms with Crippen LogP contribution in [-0.4, -0.2) is 12.6 Å². The molecule has 3 N–H and O–H groups in total. The molecule has 0 radical (unpaired) electrons. The summed E-state index contributed by atoms with van der Waals surface area (Å²) in [5, 5.41) is 6.20. The molecule has 0 spiro atoms. The lowest BCUT2D eigenvalue weighted by atomic mass is 9.89. The maximum absolute atomic E-state index is 3.52. The topological polar surface area (TPSA) is 36.1 Å². The highest BCUT2D eigenvalue weighted by Gasteiger charge is 2.33. The van der Waals surface area contributed by atoms with Crippen molar-refractivity contribution in [1.82, 2.24) is 16.2 Å². The van der Waals surface area contributed by atoms with E-state index in [-0.39, 0.29) is 0 Å². The molecule has 0 aromatic heterocycles. The summed E-state index contributed by atoms with van der Waals surface area (Å²) in [5.74, 6) is 0.526. The Hall–Kier alpha value is -1.58. The molecule has 4 rings (SSSR count). The van der Waals surface area contributed by atoms with Crippen LogP contribution in [0.3, 0.4) is 0 Å². The quantitative estimate of drug-likeness (QED) is 0.524. The average Bonchev–Trinajstić information content (AvgIpc) is 2.77. The number of hydrazine groups is 1. The van der Waals surface area contributed by atoms with E-state index in [9.17, 15) is 0 Å². The van der Waals surface area contributed by atoms with Crippen LogP contribution in [0.25, 0.3) is 11.8 Å². The number of allylic oxidation sites excluding steroid dienone is 1. The van der Waals surface area contributed by atoms with Gasteiger partial charge in [-0.15, -0.1) is 0 Å². The average molecular weight is 211 g/mol. The van der Waals surface area contributed by atoms with Crippen LogP contribution in [0.4, 0.5) is 0 Å². The summed E-state index contributed by atoms with van der Waals surface area (Å²) in [6, 6.07) is 9.01. The van der Waals surface area contributed by atoms with Crippen LogP contribution in [-0.2, 0) is 0 Å². The number of hydrogen-bond acceptors (Lipinski definition) is 3. The van der Waals surface area contributed by atoms with Gasteiger partial charge in [-0.1, -0.05) is 24.3 Å². The predicted octanol–water partition coefficient (Wildman–Crippen LogP) is -0.831. The van der Waals surface area contributed by atoms with E-state index in [1.54, 1.807) is 0 Å². The summed E-state index contributed by atoms with van der Waals surface area (Å²) >= 11 is 0. The summed E-state index contributed by atoms with van der Waals surface area (Å²) in [4.78, 5) is 0. The van der Waals surface area contributed by atoms with Gasteiger partial charge in [0, 0.05) is 29.1 Å². The Bertz CT molecular complexity index is 600. The Labute approximate surface area is 93.5 Å². The van der Waals surface area contributed by atoms with Gasteiger partial charge in [0.25, 0.3) is 0 Å². The number of benzene rings is 1. The molecule has 3 aliphatic heterocycles. The van der Waals surface area contributed by atoms with Crippen LogP contribution in [0.2, 0.25) is 0 Å². The van der Waals surface area contributed by atoms with Crippen molar-refractivity contribution >= 4 is 11.8 Å². The SMILES string of the molecule is C1=C2C=c3ccccc3=C(N2)C2CNNC12. The van der Waals surface area contributed by atoms with Crippen LogP contribution in [0, 0.1) is 5.92 Å². The van der Waals surface area contributed by atoms with Gasteiger partial charge in [-0.2, -0.15) is 0 Å². The Morgan fingerprint density at radius 3 is 3.12 bits per heavy atom. The largest absolute Gasteiger partial charge is 0.358 e. The van der Waals surface area contributed by atoms with Gasteiger partial charge in [0.1, 0.15) is 0 Å². The van der Waals surface area contributed by atoms with Crippen molar-refractivity contribution in [3.8, 4) is 0 Å². The second kappa shape index (κ2) is 2.97. The molecule has 0 amide bonds. The van der Waals surface area contributed by atoms with E-state index in [1.807, 2.05) is 0 Å². The van der Waals surface area contributed by atoms with E-state index in [0.29, 0.717) is 12.0 Å². The van der Waals surface area contributed by atoms with E-state index in [0.717, 1.165) is 6.54 Å². The van der Waals surface area contributed by atoms with E-state index in [1.165, 1.54) is 21.8 Å². The normalized spacial score (nSPS) is 29.8. The zero-order valence-corrected chi connectivity index (χ0v) is 8.83. The first-order chi connectivity index (χ1) is 7.92. The van der Waals surface area contributed by atoms with Crippen LogP contribution in [0.15, 0.2) is 36.0 Å². The standard InChI is InChI=1S/C13H13N3/c1-2-4-10-8(3-1)5-9-6-12-11(7-14-16-12)13(10)15-9/h1-6,11-12,14-16H,7H2. The minimum atomic E-state index is 0.427. The highest BCUT2D eigenvalue weighted by atomic mass is 15.4. The Balaban J connectivity index is 2.09. The molecule has 1 aromatic rings. The molecule has 2 unspecified atom stereocenters. The summed E-state index contributed by atoms with van der Waals surface area (Å²) < 4.78 is 0. The summed E-state index contributed by atoms with van der Waals surface area (Å²) in [6.45, 7) is 0.991. The van der Waals surface area contributed by atoms with Crippen LogP contribution in [0.1, 0.15) is 0 Å². The number of fused-ring (bicyclic) bond motifs is 5. The predicted molar refractivity (Wildman–Crippen MR) is 63.2 cm³/mol. The number of hydrogen-bond donors (Lipinski definition) is 3. The Morgan fingerprint density at radius 2 is 2.12 bits per heavy atom. The van der Waals surface area contributed by atoms with Crippen LogP contribution >= 0.6 is 0 Å². The molecule has 0 saturated carbocycles. The second-order valence-corrected chi connectivity index (χ2v) is 4.55. The third-order valence-corrected chi connectivity index (χ3v) is 3.60. The van der Waals surface area contributed by atoms with Crippen molar-refractivity contribution in [2.45, 2.75) is 6.04 Å². The molecule has 1 aromatic carbocycles. The lowest BCUT2D eigenvalue weighted by Gasteiger charge is -2.29. The lowest BCUT2D eigenvalue weighted by molar-refractivity contribution is 0.584. The van der Waals surface area contributed by atoms with Crippen molar-refractivity contribution in [3.63, 3.8) is 0 Å². The minimum Gasteiger partial charge on any atom is -0.358 e. The van der Waals surface area contributed by atoms with Crippen molar-refractivity contribution in [3.05, 3.63) is 46.5 Å². The molecule has 2 bridgehead atoms. The van der Waals surface area contributed by atoms with Gasteiger partial charge in [0.2, 0.25) is 0 Å². The van der Waals surface area contributed by atoms with Gasteiger partial charge in [0.15, 0.2) is 0 Å². The molecular formula is C13H13N3. The van der Waals surface area contributed by atoms with Gasteiger partial charge in [-0.3, -0.25) is 10.9 Å². The maximum Gasteiger partial charge on any atom is 0.0511 e. The van der Waals surface area contributed by atoms with Gasteiger partial charge in [-0.25, -0.2) is 0 Å². The maximum atomic E-state index is 3.52. The van der Waals surface area contributed by atoms with Gasteiger partial charge < -0.3 is 5.32 Å². The number of rotatable bonds is 0. The molecular weight excluding hydrogens is 198 g/mol. The third kappa shape index (κ3) is 1.04. The zero-order chi connectivity index (χ0) is 10.5. The van der Waals surface area contributed by atoms with Crippen molar-refractivity contribution in [2.24, 2.45) is 5.92 Å². The summed E-state index contributed by atoms with van der Waals surface area (Å²) in [5.41, 5.74) is 9.12. The van der Waals surface area contributed by atoms with Crippen LogP contribution in [0.5, 0.6) is 0 Å². The molecule has 1 fully saturated rings. The molecule has 3 aliphatic rings. The van der Waals surface area contributed by atoms with Crippen molar-refractivity contribution in [1.29, 1.82) is 0 Å². The number of nitrogens with one attached hydrogen (secondary N) is 3. The first-order valence-corrected chi connectivity index (χ1v) is 5.70. The molecule has 3 heterocycles. The third-order valence-electron chi connectivity index (χ3n) is 3.60. The van der Waals surface area contributed by atoms with Gasteiger partial charge in [-0.05, 0) is 17.4 Å². The van der Waals surface area contributed by atoms with E-state index in [2.05, 4.69) is 52.6 Å². The molecule has 1 saturated heterocycles. The first-order valence-electron chi connectivity index (χ1n) is 5.70. The van der Waals surface area contributed by atoms with Crippen LogP contribution < -0.4 is 26.6 Å². The molecule has 3 heteroatoms. The van der Waals surface area contributed by atoms with E-state index >= 15 is 0 Å². The van der Waals surface area contributed by atoms with Gasteiger partial charge in [0.05, 0.1) is 6.04 Å². The fourth-order valence-corrected chi connectivity index (χ4v) is 2.82. The Morgan fingerprint density at radius 1 is 1.19 bits per heavy atom.